The Hall–Kier alpha value is -2.14. The number of hydrogen-bond acceptors (Lipinski definition) is 5. The summed E-state index contributed by atoms with van der Waals surface area (Å²) in [5.41, 5.74) is 7.31. The molecule has 1 aromatic heterocycles. The highest BCUT2D eigenvalue weighted by molar-refractivity contribution is 5.60. The summed E-state index contributed by atoms with van der Waals surface area (Å²) in [6.45, 7) is 0.382. The van der Waals surface area contributed by atoms with E-state index in [0.717, 1.165) is 22.9 Å². The molecule has 0 spiro atoms. The minimum atomic E-state index is 0.382. The number of rotatable bonds is 4. The predicted molar refractivity (Wildman–Crippen MR) is 71.0 cm³/mol. The third kappa shape index (κ3) is 2.57. The van der Waals surface area contributed by atoms with Crippen LogP contribution in [0.25, 0.3) is 0 Å². The van der Waals surface area contributed by atoms with E-state index in [1.807, 2.05) is 36.2 Å². The van der Waals surface area contributed by atoms with Crippen molar-refractivity contribution in [2.24, 2.45) is 5.73 Å². The SMILES string of the molecule is COc1cccc(N(C)c2cncc(CN)n2)c1. The van der Waals surface area contributed by atoms with Gasteiger partial charge in [-0.2, -0.15) is 0 Å². The third-order valence-electron chi connectivity index (χ3n) is 2.67. The normalized spacial score (nSPS) is 10.2. The molecule has 0 aliphatic rings. The van der Waals surface area contributed by atoms with Crippen LogP contribution in [0.4, 0.5) is 11.5 Å². The molecular weight excluding hydrogens is 228 g/mol. The molecular formula is C13H16N4O. The molecule has 0 atom stereocenters. The third-order valence-corrected chi connectivity index (χ3v) is 2.67. The standard InChI is InChI=1S/C13H16N4O/c1-17(11-4-3-5-12(6-11)18-2)13-9-15-8-10(7-14)16-13/h3-6,8-9H,7,14H2,1-2H3. The lowest BCUT2D eigenvalue weighted by atomic mass is 10.3. The Morgan fingerprint density at radius 1 is 1.33 bits per heavy atom. The molecule has 2 rings (SSSR count). The van der Waals surface area contributed by atoms with Crippen LogP contribution < -0.4 is 15.4 Å². The van der Waals surface area contributed by atoms with Crippen molar-refractivity contribution in [3.8, 4) is 5.75 Å². The number of hydrogen-bond donors (Lipinski definition) is 1. The molecule has 94 valence electrons. The maximum absolute atomic E-state index is 5.56. The van der Waals surface area contributed by atoms with Crippen molar-refractivity contribution in [1.29, 1.82) is 0 Å². The maximum atomic E-state index is 5.56. The van der Waals surface area contributed by atoms with Gasteiger partial charge in [0.1, 0.15) is 5.75 Å². The quantitative estimate of drug-likeness (QED) is 0.887. The fourth-order valence-corrected chi connectivity index (χ4v) is 1.61. The zero-order chi connectivity index (χ0) is 13.0. The van der Waals surface area contributed by atoms with Crippen molar-refractivity contribution in [3.05, 3.63) is 42.4 Å². The summed E-state index contributed by atoms with van der Waals surface area (Å²) in [5.74, 6) is 1.56. The Balaban J connectivity index is 2.31. The number of methoxy groups -OCH3 is 1. The van der Waals surface area contributed by atoms with Gasteiger partial charge in [0.2, 0.25) is 0 Å². The van der Waals surface area contributed by atoms with Gasteiger partial charge in [-0.3, -0.25) is 4.98 Å². The molecule has 0 saturated carbocycles. The van der Waals surface area contributed by atoms with Gasteiger partial charge in [0, 0.05) is 31.5 Å². The molecule has 1 heterocycles. The number of nitrogens with two attached hydrogens (primary N) is 1. The van der Waals surface area contributed by atoms with Crippen molar-refractivity contribution in [2.45, 2.75) is 6.54 Å². The number of nitrogens with zero attached hydrogens (tertiary/aromatic N) is 3. The first-order valence-corrected chi connectivity index (χ1v) is 5.63. The number of benzene rings is 1. The molecule has 0 fully saturated rings. The van der Waals surface area contributed by atoms with Crippen molar-refractivity contribution >= 4 is 11.5 Å². The zero-order valence-corrected chi connectivity index (χ0v) is 10.5. The van der Waals surface area contributed by atoms with E-state index in [-0.39, 0.29) is 0 Å². The Morgan fingerprint density at radius 3 is 2.89 bits per heavy atom. The maximum Gasteiger partial charge on any atom is 0.151 e. The van der Waals surface area contributed by atoms with E-state index in [1.54, 1.807) is 19.5 Å². The Bertz CT molecular complexity index is 482. The van der Waals surface area contributed by atoms with Gasteiger partial charge in [0.05, 0.1) is 19.0 Å². The van der Waals surface area contributed by atoms with Crippen LogP contribution in [0.1, 0.15) is 5.69 Å². The lowest BCUT2D eigenvalue weighted by molar-refractivity contribution is 0.415. The molecule has 5 heteroatoms. The first kappa shape index (κ1) is 12.3. The summed E-state index contributed by atoms with van der Waals surface area (Å²) in [6, 6.07) is 7.76. The van der Waals surface area contributed by atoms with Crippen LogP contribution in [0.2, 0.25) is 0 Å². The van der Waals surface area contributed by atoms with Crippen molar-refractivity contribution in [3.63, 3.8) is 0 Å². The largest absolute Gasteiger partial charge is 0.497 e. The predicted octanol–water partition coefficient (Wildman–Crippen LogP) is 1.71. The highest BCUT2D eigenvalue weighted by atomic mass is 16.5. The molecule has 0 aliphatic carbocycles. The van der Waals surface area contributed by atoms with Crippen LogP contribution in [0.3, 0.4) is 0 Å². The molecule has 5 nitrogen and oxygen atoms in total. The van der Waals surface area contributed by atoms with Crippen LogP contribution in [0.5, 0.6) is 5.75 Å². The molecule has 2 aromatic rings. The van der Waals surface area contributed by atoms with Gasteiger partial charge in [0.15, 0.2) is 5.82 Å². The van der Waals surface area contributed by atoms with E-state index >= 15 is 0 Å². The Morgan fingerprint density at radius 2 is 2.17 bits per heavy atom. The first-order valence-electron chi connectivity index (χ1n) is 5.63. The number of aromatic nitrogens is 2. The summed E-state index contributed by atoms with van der Waals surface area (Å²) < 4.78 is 5.20. The summed E-state index contributed by atoms with van der Waals surface area (Å²) in [4.78, 5) is 10.5. The topological polar surface area (TPSA) is 64.3 Å². The monoisotopic (exact) mass is 244 g/mol. The molecule has 1 aromatic carbocycles. The lowest BCUT2D eigenvalue weighted by Gasteiger charge is -2.18. The van der Waals surface area contributed by atoms with Crippen LogP contribution in [-0.2, 0) is 6.54 Å². The van der Waals surface area contributed by atoms with Gasteiger partial charge < -0.3 is 15.4 Å². The summed E-state index contributed by atoms with van der Waals surface area (Å²) in [5, 5.41) is 0. The second-order valence-electron chi connectivity index (χ2n) is 3.83. The van der Waals surface area contributed by atoms with E-state index in [1.165, 1.54) is 0 Å². The highest BCUT2D eigenvalue weighted by Gasteiger charge is 2.07. The van der Waals surface area contributed by atoms with Crippen molar-refractivity contribution < 1.29 is 4.74 Å². The molecule has 0 aliphatic heterocycles. The van der Waals surface area contributed by atoms with E-state index in [4.69, 9.17) is 10.5 Å². The number of ether oxygens (including phenoxy) is 1. The van der Waals surface area contributed by atoms with Gasteiger partial charge >= 0.3 is 0 Å². The van der Waals surface area contributed by atoms with Crippen LogP contribution in [0, 0.1) is 0 Å². The molecule has 0 amide bonds. The molecule has 18 heavy (non-hydrogen) atoms. The summed E-state index contributed by atoms with van der Waals surface area (Å²) in [6.07, 6.45) is 3.38. The smallest absolute Gasteiger partial charge is 0.151 e. The molecule has 0 radical (unpaired) electrons. The zero-order valence-electron chi connectivity index (χ0n) is 10.5. The van der Waals surface area contributed by atoms with Gasteiger partial charge in [-0.25, -0.2) is 4.98 Å². The number of anilines is 2. The van der Waals surface area contributed by atoms with Crippen molar-refractivity contribution in [2.75, 3.05) is 19.1 Å². The van der Waals surface area contributed by atoms with Crippen LogP contribution >= 0.6 is 0 Å². The molecule has 0 unspecified atom stereocenters. The molecule has 2 N–H and O–H groups in total. The first-order chi connectivity index (χ1) is 8.74. The van der Waals surface area contributed by atoms with Crippen LogP contribution in [-0.4, -0.2) is 24.1 Å². The van der Waals surface area contributed by atoms with Gasteiger partial charge in [-0.05, 0) is 12.1 Å². The fourth-order valence-electron chi connectivity index (χ4n) is 1.61. The van der Waals surface area contributed by atoms with E-state index in [9.17, 15) is 0 Å². The minimum absolute atomic E-state index is 0.382. The van der Waals surface area contributed by atoms with Crippen molar-refractivity contribution in [1.82, 2.24) is 9.97 Å². The van der Waals surface area contributed by atoms with E-state index in [2.05, 4.69) is 9.97 Å². The van der Waals surface area contributed by atoms with Gasteiger partial charge in [-0.1, -0.05) is 6.07 Å². The lowest BCUT2D eigenvalue weighted by Crippen LogP contribution is -2.13. The Labute approximate surface area is 106 Å². The summed E-state index contributed by atoms with van der Waals surface area (Å²) in [7, 11) is 3.58. The van der Waals surface area contributed by atoms with E-state index in [0.29, 0.717) is 6.54 Å². The second kappa shape index (κ2) is 5.46. The van der Waals surface area contributed by atoms with Crippen LogP contribution in [0.15, 0.2) is 36.7 Å². The molecule has 0 saturated heterocycles. The molecule has 0 bridgehead atoms. The minimum Gasteiger partial charge on any atom is -0.497 e. The average Bonchev–Trinajstić information content (AvgIpc) is 2.46. The van der Waals surface area contributed by atoms with E-state index < -0.39 is 0 Å². The fraction of sp³-hybridized carbons (Fsp3) is 0.231. The summed E-state index contributed by atoms with van der Waals surface area (Å²) >= 11 is 0. The average molecular weight is 244 g/mol. The van der Waals surface area contributed by atoms with Gasteiger partial charge in [-0.15, -0.1) is 0 Å². The Kier molecular flexibility index (Phi) is 3.74. The second-order valence-corrected chi connectivity index (χ2v) is 3.83. The van der Waals surface area contributed by atoms with Gasteiger partial charge in [0.25, 0.3) is 0 Å². The highest BCUT2D eigenvalue weighted by Crippen LogP contribution is 2.24.